The predicted molar refractivity (Wildman–Crippen MR) is 158 cm³/mol. The molecule has 1 aromatic heterocycles. The van der Waals surface area contributed by atoms with E-state index >= 15 is 0 Å². The zero-order valence-corrected chi connectivity index (χ0v) is 23.2. The molecule has 1 saturated heterocycles. The van der Waals surface area contributed by atoms with Crippen LogP contribution in [0.15, 0.2) is 89.4 Å². The van der Waals surface area contributed by atoms with E-state index in [0.29, 0.717) is 25.3 Å². The van der Waals surface area contributed by atoms with Gasteiger partial charge in [0.2, 0.25) is 0 Å². The number of rotatable bonds is 8. The average Bonchev–Trinajstić information content (AvgIpc) is 2.96. The minimum absolute atomic E-state index is 0.0547. The van der Waals surface area contributed by atoms with Gasteiger partial charge >= 0.3 is 0 Å². The smallest absolute Gasteiger partial charge is 0.254 e. The van der Waals surface area contributed by atoms with E-state index in [-0.39, 0.29) is 5.91 Å². The van der Waals surface area contributed by atoms with Gasteiger partial charge in [0.1, 0.15) is 5.75 Å². The number of pyridine rings is 1. The van der Waals surface area contributed by atoms with E-state index < -0.39 is 0 Å². The van der Waals surface area contributed by atoms with Gasteiger partial charge in [-0.3, -0.25) is 9.69 Å². The molecular weight excluding hydrogens is 538 g/mol. The predicted octanol–water partition coefficient (Wildman–Crippen LogP) is 6.92. The number of carbonyl (C=O) groups excluding carboxylic acids is 1. The summed E-state index contributed by atoms with van der Waals surface area (Å²) in [5.41, 5.74) is 4.45. The lowest BCUT2D eigenvalue weighted by Crippen LogP contribution is -2.48. The van der Waals surface area contributed by atoms with Gasteiger partial charge in [-0.25, -0.2) is 4.98 Å². The van der Waals surface area contributed by atoms with E-state index in [2.05, 4.69) is 52.0 Å². The van der Waals surface area contributed by atoms with Gasteiger partial charge in [0, 0.05) is 48.1 Å². The molecule has 1 amide bonds. The number of aromatic nitrogens is 1. The molecular formula is C32H32BrN3O2. The van der Waals surface area contributed by atoms with Gasteiger partial charge < -0.3 is 9.64 Å². The fourth-order valence-corrected chi connectivity index (χ4v) is 5.03. The van der Waals surface area contributed by atoms with E-state index in [0.717, 1.165) is 58.4 Å². The number of carbonyl (C=O) groups is 1. The molecule has 194 valence electrons. The van der Waals surface area contributed by atoms with E-state index in [4.69, 9.17) is 9.72 Å². The van der Waals surface area contributed by atoms with Gasteiger partial charge in [-0.15, -0.1) is 0 Å². The molecule has 0 radical (unpaired) electrons. The highest BCUT2D eigenvalue weighted by molar-refractivity contribution is 9.10. The number of ether oxygens (including phenoxy) is 1. The van der Waals surface area contributed by atoms with Gasteiger partial charge in [0.15, 0.2) is 0 Å². The molecule has 0 spiro atoms. The topological polar surface area (TPSA) is 45.7 Å². The number of amides is 1. The zero-order valence-electron chi connectivity index (χ0n) is 21.6. The van der Waals surface area contributed by atoms with Crippen molar-refractivity contribution < 1.29 is 9.53 Å². The fraction of sp³-hybridized carbons (Fsp3) is 0.250. The molecule has 0 atom stereocenters. The summed E-state index contributed by atoms with van der Waals surface area (Å²) in [5.74, 6) is 0.896. The highest BCUT2D eigenvalue weighted by atomic mass is 79.9. The molecule has 0 N–H and O–H groups in total. The Morgan fingerprint density at radius 3 is 2.47 bits per heavy atom. The quantitative estimate of drug-likeness (QED) is 0.231. The van der Waals surface area contributed by atoms with Crippen LogP contribution in [-0.4, -0.2) is 60.0 Å². The summed E-state index contributed by atoms with van der Waals surface area (Å²) < 4.78 is 6.66. The van der Waals surface area contributed by atoms with E-state index in [9.17, 15) is 4.79 Å². The van der Waals surface area contributed by atoms with Crippen LogP contribution < -0.4 is 4.74 Å². The van der Waals surface area contributed by atoms with Crippen LogP contribution in [0.25, 0.3) is 28.2 Å². The van der Waals surface area contributed by atoms with Crippen molar-refractivity contribution in [2.45, 2.75) is 13.3 Å². The SMILES string of the molecule is CCCOc1ccc(-c2cc(C(=O)N3CCN(C/C=C/c4ccccc4)CC3)c3cc(Br)ccc3n2)cc1. The molecule has 5 rings (SSSR count). The van der Waals surface area contributed by atoms with E-state index in [1.807, 2.05) is 71.6 Å². The number of halogens is 1. The largest absolute Gasteiger partial charge is 0.494 e. The Kier molecular flexibility index (Phi) is 8.51. The summed E-state index contributed by atoms with van der Waals surface area (Å²) in [7, 11) is 0. The highest BCUT2D eigenvalue weighted by Crippen LogP contribution is 2.29. The molecule has 0 bridgehead atoms. The first kappa shape index (κ1) is 26.1. The Hall–Kier alpha value is -3.48. The minimum atomic E-state index is 0.0547. The molecule has 4 aromatic rings. The second kappa shape index (κ2) is 12.4. The van der Waals surface area contributed by atoms with Gasteiger partial charge in [0.25, 0.3) is 5.91 Å². The number of hydrogen-bond donors (Lipinski definition) is 0. The molecule has 1 fully saturated rings. The van der Waals surface area contributed by atoms with Crippen LogP contribution in [-0.2, 0) is 0 Å². The maximum absolute atomic E-state index is 13.8. The Balaban J connectivity index is 1.33. The standard InChI is InChI=1S/C32H32BrN3O2/c1-2-21-38-27-13-10-25(11-14-27)31-23-29(28-22-26(33)12-15-30(28)34-31)32(37)36-19-17-35(18-20-36)16-6-9-24-7-4-3-5-8-24/h3-15,22-23H,2,16-21H2,1H3/b9-6+. The van der Waals surface area contributed by atoms with Crippen molar-refractivity contribution in [2.75, 3.05) is 39.3 Å². The van der Waals surface area contributed by atoms with Crippen LogP contribution in [0.4, 0.5) is 0 Å². The molecule has 38 heavy (non-hydrogen) atoms. The van der Waals surface area contributed by atoms with Crippen molar-refractivity contribution in [2.24, 2.45) is 0 Å². The number of benzene rings is 3. The van der Waals surface area contributed by atoms with E-state index in [1.165, 1.54) is 5.56 Å². The molecule has 0 unspecified atom stereocenters. The third kappa shape index (κ3) is 6.32. The maximum atomic E-state index is 13.8. The molecule has 1 aliphatic rings. The average molecular weight is 571 g/mol. The fourth-order valence-electron chi connectivity index (χ4n) is 4.67. The lowest BCUT2D eigenvalue weighted by Gasteiger charge is -2.34. The lowest BCUT2D eigenvalue weighted by molar-refractivity contribution is 0.0652. The van der Waals surface area contributed by atoms with E-state index in [1.54, 1.807) is 0 Å². The summed E-state index contributed by atoms with van der Waals surface area (Å²) in [5, 5.41) is 0.865. The first-order valence-electron chi connectivity index (χ1n) is 13.2. The zero-order chi connectivity index (χ0) is 26.3. The van der Waals surface area contributed by atoms with Gasteiger partial charge in [0.05, 0.1) is 23.4 Å². The maximum Gasteiger partial charge on any atom is 0.254 e. The second-order valence-electron chi connectivity index (χ2n) is 9.50. The Labute approximate surface area is 232 Å². The molecule has 6 heteroatoms. The molecule has 2 heterocycles. The number of piperazine rings is 1. The van der Waals surface area contributed by atoms with Crippen LogP contribution in [0.3, 0.4) is 0 Å². The summed E-state index contributed by atoms with van der Waals surface area (Å²) >= 11 is 3.57. The number of hydrogen-bond acceptors (Lipinski definition) is 4. The van der Waals surface area contributed by atoms with Crippen LogP contribution in [0.2, 0.25) is 0 Å². The second-order valence-corrected chi connectivity index (χ2v) is 10.4. The monoisotopic (exact) mass is 569 g/mol. The third-order valence-electron chi connectivity index (χ3n) is 6.76. The Morgan fingerprint density at radius 1 is 0.974 bits per heavy atom. The summed E-state index contributed by atoms with van der Waals surface area (Å²) in [4.78, 5) is 23.1. The Bertz CT molecular complexity index is 1410. The van der Waals surface area contributed by atoms with Crippen molar-refractivity contribution in [3.05, 3.63) is 101 Å². The van der Waals surface area contributed by atoms with Crippen LogP contribution in [0.5, 0.6) is 5.75 Å². The highest BCUT2D eigenvalue weighted by Gasteiger charge is 2.24. The van der Waals surface area contributed by atoms with Gasteiger partial charge in [-0.2, -0.15) is 0 Å². The summed E-state index contributed by atoms with van der Waals surface area (Å²) in [6, 6.07) is 26.1. The normalized spacial score (nSPS) is 14.3. The molecule has 0 saturated carbocycles. The van der Waals surface area contributed by atoms with Gasteiger partial charge in [-0.1, -0.05) is 65.3 Å². The summed E-state index contributed by atoms with van der Waals surface area (Å²) in [6.07, 6.45) is 5.32. The molecule has 1 aliphatic heterocycles. The number of fused-ring (bicyclic) bond motifs is 1. The number of nitrogens with zero attached hydrogens (tertiary/aromatic N) is 3. The summed E-state index contributed by atoms with van der Waals surface area (Å²) in [6.45, 7) is 6.77. The minimum Gasteiger partial charge on any atom is -0.494 e. The van der Waals surface area contributed by atoms with Crippen molar-refractivity contribution in [1.29, 1.82) is 0 Å². The van der Waals surface area contributed by atoms with Crippen LogP contribution in [0, 0.1) is 0 Å². The van der Waals surface area contributed by atoms with Crippen molar-refractivity contribution in [1.82, 2.24) is 14.8 Å². The van der Waals surface area contributed by atoms with Crippen molar-refractivity contribution >= 4 is 38.8 Å². The van der Waals surface area contributed by atoms with Crippen molar-refractivity contribution in [3.8, 4) is 17.0 Å². The van der Waals surface area contributed by atoms with Gasteiger partial charge in [-0.05, 0) is 60.5 Å². The third-order valence-corrected chi connectivity index (χ3v) is 7.25. The first-order valence-corrected chi connectivity index (χ1v) is 14.0. The Morgan fingerprint density at radius 2 is 1.74 bits per heavy atom. The lowest BCUT2D eigenvalue weighted by atomic mass is 10.0. The van der Waals surface area contributed by atoms with Crippen LogP contribution in [0.1, 0.15) is 29.3 Å². The first-order chi connectivity index (χ1) is 18.6. The molecule has 5 nitrogen and oxygen atoms in total. The molecule has 0 aliphatic carbocycles. The molecule has 3 aromatic carbocycles. The van der Waals surface area contributed by atoms with Crippen molar-refractivity contribution in [3.63, 3.8) is 0 Å². The van der Waals surface area contributed by atoms with Crippen LogP contribution >= 0.6 is 15.9 Å².